The summed E-state index contributed by atoms with van der Waals surface area (Å²) in [4.78, 5) is 0. The van der Waals surface area contributed by atoms with Gasteiger partial charge in [0.2, 0.25) is 0 Å². The fraction of sp³-hybridized carbons (Fsp3) is 0.455. The molecule has 0 atom stereocenters. The van der Waals surface area contributed by atoms with Crippen LogP contribution in [0.4, 0.5) is 0 Å². The first-order valence-corrected chi connectivity index (χ1v) is 4.81. The molecule has 15 heavy (non-hydrogen) atoms. The van der Waals surface area contributed by atoms with Gasteiger partial charge in [-0.2, -0.15) is 0 Å². The maximum atomic E-state index is 9.26. The molecule has 0 aliphatic heterocycles. The summed E-state index contributed by atoms with van der Waals surface area (Å²) in [7, 11) is 0. The van der Waals surface area contributed by atoms with E-state index >= 15 is 0 Å². The lowest BCUT2D eigenvalue weighted by Crippen LogP contribution is -2.42. The maximum absolute atomic E-state index is 9.26. The maximum Gasteiger partial charge on any atom is 0.157 e. The van der Waals surface area contributed by atoms with Crippen LogP contribution in [-0.4, -0.2) is 27.5 Å². The monoisotopic (exact) mass is 211 g/mol. The molecule has 1 aromatic carbocycles. The zero-order valence-electron chi connectivity index (χ0n) is 8.99. The summed E-state index contributed by atoms with van der Waals surface area (Å²) >= 11 is 0. The fourth-order valence-corrected chi connectivity index (χ4v) is 1.08. The summed E-state index contributed by atoms with van der Waals surface area (Å²) in [5, 5.41) is 30.5. The van der Waals surface area contributed by atoms with Gasteiger partial charge in [0.25, 0.3) is 0 Å². The molecule has 84 valence electrons. The van der Waals surface area contributed by atoms with Gasteiger partial charge in [-0.1, -0.05) is 6.07 Å². The lowest BCUT2D eigenvalue weighted by molar-refractivity contribution is 0.187. The second kappa shape index (κ2) is 4.51. The van der Waals surface area contributed by atoms with Crippen LogP contribution in [0.2, 0.25) is 0 Å². The van der Waals surface area contributed by atoms with E-state index in [1.54, 1.807) is 6.07 Å². The highest BCUT2D eigenvalue weighted by atomic mass is 16.3. The van der Waals surface area contributed by atoms with Crippen molar-refractivity contribution in [1.82, 2.24) is 5.32 Å². The number of aliphatic hydroxyl groups is 1. The Morgan fingerprint density at radius 2 is 1.87 bits per heavy atom. The van der Waals surface area contributed by atoms with Gasteiger partial charge in [0.05, 0.1) is 6.61 Å². The molecule has 4 nitrogen and oxygen atoms in total. The van der Waals surface area contributed by atoms with Gasteiger partial charge in [-0.05, 0) is 31.5 Å². The molecule has 0 radical (unpaired) electrons. The van der Waals surface area contributed by atoms with Crippen molar-refractivity contribution < 1.29 is 15.3 Å². The van der Waals surface area contributed by atoms with Crippen molar-refractivity contribution in [2.45, 2.75) is 25.9 Å². The molecule has 0 heterocycles. The Hall–Kier alpha value is -1.26. The number of nitrogens with one attached hydrogen (secondary N) is 1. The molecule has 0 amide bonds. The Morgan fingerprint density at radius 3 is 2.40 bits per heavy atom. The molecule has 0 unspecified atom stereocenters. The Balaban J connectivity index is 2.62. The first-order valence-electron chi connectivity index (χ1n) is 4.81. The molecule has 1 rings (SSSR count). The number of benzene rings is 1. The number of rotatable bonds is 4. The molecule has 0 spiro atoms. The van der Waals surface area contributed by atoms with Crippen molar-refractivity contribution in [2.24, 2.45) is 0 Å². The summed E-state index contributed by atoms with van der Waals surface area (Å²) in [6.45, 7) is 4.33. The van der Waals surface area contributed by atoms with Crippen molar-refractivity contribution in [3.8, 4) is 11.5 Å². The molecule has 1 aromatic rings. The van der Waals surface area contributed by atoms with Crippen LogP contribution in [0.25, 0.3) is 0 Å². The molecule has 4 heteroatoms. The molecule has 0 saturated carbocycles. The quantitative estimate of drug-likeness (QED) is 0.560. The van der Waals surface area contributed by atoms with Crippen molar-refractivity contribution >= 4 is 0 Å². The lowest BCUT2D eigenvalue weighted by Gasteiger charge is -2.23. The minimum atomic E-state index is -0.354. The normalized spacial score (nSPS) is 11.7. The standard InChI is InChI=1S/C11H17NO3/c1-11(2,7-13)12-6-8-3-4-9(14)10(15)5-8/h3-5,12-15H,6-7H2,1-2H3. The Morgan fingerprint density at radius 1 is 1.20 bits per heavy atom. The number of aromatic hydroxyl groups is 2. The van der Waals surface area contributed by atoms with Crippen LogP contribution < -0.4 is 5.32 Å². The van der Waals surface area contributed by atoms with Crippen molar-refractivity contribution in [1.29, 1.82) is 0 Å². The van der Waals surface area contributed by atoms with Crippen LogP contribution in [0.5, 0.6) is 11.5 Å². The van der Waals surface area contributed by atoms with E-state index in [0.29, 0.717) is 6.54 Å². The third-order valence-electron chi connectivity index (χ3n) is 2.21. The van der Waals surface area contributed by atoms with Crippen molar-refractivity contribution in [3.63, 3.8) is 0 Å². The highest BCUT2D eigenvalue weighted by Gasteiger charge is 2.14. The van der Waals surface area contributed by atoms with E-state index in [1.165, 1.54) is 12.1 Å². The smallest absolute Gasteiger partial charge is 0.157 e. The number of aliphatic hydroxyl groups excluding tert-OH is 1. The predicted octanol–water partition coefficient (Wildman–Crippen LogP) is 0.958. The van der Waals surface area contributed by atoms with Gasteiger partial charge in [0.15, 0.2) is 11.5 Å². The van der Waals surface area contributed by atoms with E-state index in [2.05, 4.69) is 5.32 Å². The molecule has 0 saturated heterocycles. The lowest BCUT2D eigenvalue weighted by atomic mass is 10.1. The second-order valence-electron chi connectivity index (χ2n) is 4.22. The topological polar surface area (TPSA) is 72.7 Å². The summed E-state index contributed by atoms with van der Waals surface area (Å²) in [5.41, 5.74) is 0.500. The molecule has 0 aliphatic rings. The van der Waals surface area contributed by atoms with Gasteiger partial charge < -0.3 is 20.6 Å². The van der Waals surface area contributed by atoms with Crippen LogP contribution in [0, 0.1) is 0 Å². The average molecular weight is 211 g/mol. The van der Waals surface area contributed by atoms with Crippen LogP contribution in [0.3, 0.4) is 0 Å². The van der Waals surface area contributed by atoms with Gasteiger partial charge in [-0.25, -0.2) is 0 Å². The fourth-order valence-electron chi connectivity index (χ4n) is 1.08. The highest BCUT2D eigenvalue weighted by molar-refractivity contribution is 5.40. The minimum absolute atomic E-state index is 0.0388. The molecule has 0 bridgehead atoms. The molecule has 0 aliphatic carbocycles. The third-order valence-corrected chi connectivity index (χ3v) is 2.21. The zero-order valence-corrected chi connectivity index (χ0v) is 8.99. The SMILES string of the molecule is CC(C)(CO)NCc1ccc(O)c(O)c1. The van der Waals surface area contributed by atoms with Crippen LogP contribution >= 0.6 is 0 Å². The van der Waals surface area contributed by atoms with E-state index in [1.807, 2.05) is 13.8 Å². The number of hydrogen-bond acceptors (Lipinski definition) is 4. The van der Waals surface area contributed by atoms with Gasteiger partial charge in [0.1, 0.15) is 0 Å². The summed E-state index contributed by atoms with van der Waals surface area (Å²) < 4.78 is 0. The van der Waals surface area contributed by atoms with Crippen LogP contribution in [-0.2, 0) is 6.54 Å². The number of phenolic OH excluding ortho intramolecular Hbond substituents is 2. The largest absolute Gasteiger partial charge is 0.504 e. The first kappa shape index (κ1) is 11.8. The number of phenols is 2. The molecule has 0 aromatic heterocycles. The third kappa shape index (κ3) is 3.42. The van der Waals surface area contributed by atoms with E-state index < -0.39 is 0 Å². The molecular weight excluding hydrogens is 194 g/mol. The second-order valence-corrected chi connectivity index (χ2v) is 4.22. The van der Waals surface area contributed by atoms with Gasteiger partial charge in [-0.3, -0.25) is 0 Å². The van der Waals surface area contributed by atoms with Gasteiger partial charge in [-0.15, -0.1) is 0 Å². The Kier molecular flexibility index (Phi) is 3.55. The van der Waals surface area contributed by atoms with Gasteiger partial charge in [0, 0.05) is 12.1 Å². The minimum Gasteiger partial charge on any atom is -0.504 e. The Bertz CT molecular complexity index is 337. The molecule has 4 N–H and O–H groups in total. The first-order chi connectivity index (χ1) is 6.94. The van der Waals surface area contributed by atoms with Crippen LogP contribution in [0.1, 0.15) is 19.4 Å². The summed E-state index contributed by atoms with van der Waals surface area (Å²) in [6, 6.07) is 4.66. The summed E-state index contributed by atoms with van der Waals surface area (Å²) in [5.74, 6) is -0.253. The number of hydrogen-bond donors (Lipinski definition) is 4. The van der Waals surface area contributed by atoms with Crippen molar-refractivity contribution in [3.05, 3.63) is 23.8 Å². The van der Waals surface area contributed by atoms with E-state index in [0.717, 1.165) is 5.56 Å². The zero-order chi connectivity index (χ0) is 11.5. The summed E-state index contributed by atoms with van der Waals surface area (Å²) in [6.07, 6.45) is 0. The Labute approximate surface area is 89.2 Å². The van der Waals surface area contributed by atoms with Crippen molar-refractivity contribution in [2.75, 3.05) is 6.61 Å². The van der Waals surface area contributed by atoms with E-state index in [9.17, 15) is 5.11 Å². The highest BCUT2D eigenvalue weighted by Crippen LogP contribution is 2.24. The van der Waals surface area contributed by atoms with Crippen LogP contribution in [0.15, 0.2) is 18.2 Å². The molecular formula is C11H17NO3. The predicted molar refractivity (Wildman–Crippen MR) is 57.8 cm³/mol. The average Bonchev–Trinajstić information content (AvgIpc) is 2.20. The molecule has 0 fully saturated rings. The van der Waals surface area contributed by atoms with E-state index in [4.69, 9.17) is 10.2 Å². The van der Waals surface area contributed by atoms with Gasteiger partial charge >= 0.3 is 0 Å². The van der Waals surface area contributed by atoms with E-state index in [-0.39, 0.29) is 23.6 Å².